The van der Waals surface area contributed by atoms with Crippen molar-refractivity contribution in [2.45, 2.75) is 6.61 Å². The van der Waals surface area contributed by atoms with Crippen LogP contribution in [0.4, 0.5) is 8.78 Å². The zero-order valence-electron chi connectivity index (χ0n) is 15.6. The Kier molecular flexibility index (Phi) is 6.91. The smallest absolute Gasteiger partial charge is 0.331 e. The molecule has 1 amide bonds. The standard InChI is InChI=1S/C20H15F2N3O4S/c1-28-18(26)9-17-19(27)24-20(30-17)25-23-10-13-4-7-16(15(22)8-13)29-11-12-2-5-14(21)6-3-12/h2-10H,11H2,1H3,(H,24,25,27)/b17-9+,23-10?. The number of carbonyl (C=O) groups excluding carboxylic acids is 2. The summed E-state index contributed by atoms with van der Waals surface area (Å²) >= 11 is 0.927. The van der Waals surface area contributed by atoms with E-state index in [1.165, 1.54) is 37.6 Å². The maximum absolute atomic E-state index is 14.2. The minimum Gasteiger partial charge on any atom is -0.486 e. The van der Waals surface area contributed by atoms with Crippen molar-refractivity contribution in [3.05, 3.63) is 76.2 Å². The Bertz CT molecular complexity index is 1050. The lowest BCUT2D eigenvalue weighted by Gasteiger charge is -2.07. The molecule has 0 saturated carbocycles. The molecule has 0 radical (unpaired) electrons. The third kappa shape index (κ3) is 5.74. The first kappa shape index (κ1) is 21.2. The lowest BCUT2D eigenvalue weighted by molar-refractivity contribution is -0.135. The second-order valence-electron chi connectivity index (χ2n) is 5.84. The van der Waals surface area contributed by atoms with Crippen LogP contribution in [0, 0.1) is 11.6 Å². The van der Waals surface area contributed by atoms with E-state index in [0.717, 1.165) is 17.8 Å². The highest BCUT2D eigenvalue weighted by Gasteiger charge is 2.25. The van der Waals surface area contributed by atoms with Gasteiger partial charge in [-0.1, -0.05) is 12.1 Å². The van der Waals surface area contributed by atoms with E-state index in [-0.39, 0.29) is 28.2 Å². The maximum Gasteiger partial charge on any atom is 0.331 e. The second-order valence-corrected chi connectivity index (χ2v) is 6.87. The predicted octanol–water partition coefficient (Wildman–Crippen LogP) is 3.15. The Morgan fingerprint density at radius 3 is 2.67 bits per heavy atom. The van der Waals surface area contributed by atoms with Gasteiger partial charge in [0, 0.05) is 6.08 Å². The molecule has 0 atom stereocenters. The van der Waals surface area contributed by atoms with Crippen LogP contribution in [0.25, 0.3) is 0 Å². The lowest BCUT2D eigenvalue weighted by Crippen LogP contribution is -2.19. The SMILES string of the molecule is COC(=O)/C=C1/S/C(=N\N=Cc2ccc(OCc3ccc(F)cc3)c(F)c2)NC1=O. The highest BCUT2D eigenvalue weighted by Crippen LogP contribution is 2.23. The van der Waals surface area contributed by atoms with Gasteiger partial charge in [0.1, 0.15) is 12.4 Å². The van der Waals surface area contributed by atoms with Crippen LogP contribution in [0.15, 0.2) is 63.6 Å². The number of amides is 1. The lowest BCUT2D eigenvalue weighted by atomic mass is 10.2. The maximum atomic E-state index is 14.2. The number of hydrogen-bond donors (Lipinski definition) is 1. The normalized spacial score (nSPS) is 16.3. The molecule has 30 heavy (non-hydrogen) atoms. The molecule has 2 aromatic carbocycles. The topological polar surface area (TPSA) is 89.3 Å². The fourth-order valence-corrected chi connectivity index (χ4v) is 2.98. The number of hydrogen-bond acceptors (Lipinski definition) is 7. The molecule has 1 aliphatic heterocycles. The van der Waals surface area contributed by atoms with Crippen LogP contribution >= 0.6 is 11.8 Å². The van der Waals surface area contributed by atoms with E-state index in [1.54, 1.807) is 18.2 Å². The molecule has 1 heterocycles. The quantitative estimate of drug-likeness (QED) is 0.329. The number of benzene rings is 2. The van der Waals surface area contributed by atoms with Crippen LogP contribution in [0.5, 0.6) is 5.75 Å². The summed E-state index contributed by atoms with van der Waals surface area (Å²) in [5.41, 5.74) is 1.12. The summed E-state index contributed by atoms with van der Waals surface area (Å²) in [6.45, 7) is 0.0939. The highest BCUT2D eigenvalue weighted by atomic mass is 32.2. The number of halogens is 2. The predicted molar refractivity (Wildman–Crippen MR) is 108 cm³/mol. The number of esters is 1. The summed E-state index contributed by atoms with van der Waals surface area (Å²) < 4.78 is 37.0. The van der Waals surface area contributed by atoms with Gasteiger partial charge in [-0.05, 0) is 53.2 Å². The molecule has 0 spiro atoms. The molecule has 7 nitrogen and oxygen atoms in total. The van der Waals surface area contributed by atoms with Crippen molar-refractivity contribution in [1.29, 1.82) is 0 Å². The van der Waals surface area contributed by atoms with Gasteiger partial charge in [-0.2, -0.15) is 5.10 Å². The van der Waals surface area contributed by atoms with Crippen molar-refractivity contribution in [2.75, 3.05) is 7.11 Å². The summed E-state index contributed by atoms with van der Waals surface area (Å²) in [7, 11) is 1.20. The molecule has 154 valence electrons. The van der Waals surface area contributed by atoms with E-state index in [2.05, 4.69) is 20.3 Å². The zero-order valence-corrected chi connectivity index (χ0v) is 16.4. The van der Waals surface area contributed by atoms with Gasteiger partial charge in [0.05, 0.1) is 18.2 Å². The Hall–Kier alpha value is -3.53. The number of ether oxygens (including phenoxy) is 2. The monoisotopic (exact) mass is 431 g/mol. The van der Waals surface area contributed by atoms with Gasteiger partial charge in [-0.3, -0.25) is 10.1 Å². The van der Waals surface area contributed by atoms with Gasteiger partial charge in [0.25, 0.3) is 5.91 Å². The Morgan fingerprint density at radius 2 is 1.97 bits per heavy atom. The zero-order chi connectivity index (χ0) is 21.5. The van der Waals surface area contributed by atoms with Crippen molar-refractivity contribution in [2.24, 2.45) is 10.2 Å². The van der Waals surface area contributed by atoms with Gasteiger partial charge in [0.15, 0.2) is 16.7 Å². The largest absolute Gasteiger partial charge is 0.486 e. The van der Waals surface area contributed by atoms with E-state index in [4.69, 9.17) is 4.74 Å². The second kappa shape index (κ2) is 9.79. The van der Waals surface area contributed by atoms with Crippen LogP contribution in [-0.4, -0.2) is 30.4 Å². The van der Waals surface area contributed by atoms with Crippen LogP contribution in [0.1, 0.15) is 11.1 Å². The highest BCUT2D eigenvalue weighted by molar-refractivity contribution is 8.18. The van der Waals surface area contributed by atoms with E-state index in [1.807, 2.05) is 0 Å². The molecular formula is C20H15F2N3O4S. The summed E-state index contributed by atoms with van der Waals surface area (Å²) in [4.78, 5) is 23.0. The minimum absolute atomic E-state index is 0.0407. The molecule has 1 aliphatic rings. The minimum atomic E-state index is -0.658. The number of nitrogens with zero attached hydrogens (tertiary/aromatic N) is 2. The third-order valence-corrected chi connectivity index (χ3v) is 4.62. The van der Waals surface area contributed by atoms with Crippen molar-refractivity contribution < 1.29 is 27.8 Å². The van der Waals surface area contributed by atoms with Crippen LogP contribution < -0.4 is 10.1 Å². The van der Waals surface area contributed by atoms with Crippen molar-refractivity contribution in [1.82, 2.24) is 5.32 Å². The summed E-state index contributed by atoms with van der Waals surface area (Å²) in [5.74, 6) is -2.06. The molecule has 0 bridgehead atoms. The molecule has 0 aliphatic carbocycles. The molecule has 2 aromatic rings. The van der Waals surface area contributed by atoms with Crippen LogP contribution in [-0.2, 0) is 20.9 Å². The fraction of sp³-hybridized carbons (Fsp3) is 0.100. The molecule has 3 rings (SSSR count). The number of methoxy groups -OCH3 is 1. The van der Waals surface area contributed by atoms with Gasteiger partial charge < -0.3 is 9.47 Å². The number of carbonyl (C=O) groups is 2. The molecule has 0 unspecified atom stereocenters. The average molecular weight is 431 g/mol. The number of rotatable bonds is 6. The molecule has 0 aromatic heterocycles. The molecular weight excluding hydrogens is 416 g/mol. The first-order valence-electron chi connectivity index (χ1n) is 8.51. The third-order valence-electron chi connectivity index (χ3n) is 3.72. The first-order valence-corrected chi connectivity index (χ1v) is 9.33. The summed E-state index contributed by atoms with van der Waals surface area (Å²) in [5, 5.41) is 10.2. The van der Waals surface area contributed by atoms with Crippen molar-refractivity contribution in [3.63, 3.8) is 0 Å². The van der Waals surface area contributed by atoms with Gasteiger partial charge in [0.2, 0.25) is 0 Å². The molecule has 10 heteroatoms. The average Bonchev–Trinajstić information content (AvgIpc) is 3.07. The molecule has 1 saturated heterocycles. The number of thioether (sulfide) groups is 1. The number of amidine groups is 1. The van der Waals surface area contributed by atoms with E-state index in [0.29, 0.717) is 11.1 Å². The Morgan fingerprint density at radius 1 is 1.20 bits per heavy atom. The van der Waals surface area contributed by atoms with E-state index in [9.17, 15) is 18.4 Å². The van der Waals surface area contributed by atoms with Gasteiger partial charge >= 0.3 is 5.97 Å². The summed E-state index contributed by atoms with van der Waals surface area (Å²) in [6, 6.07) is 9.95. The fourth-order valence-electron chi connectivity index (χ4n) is 2.25. The van der Waals surface area contributed by atoms with Gasteiger partial charge in [-0.25, -0.2) is 13.6 Å². The summed E-state index contributed by atoms with van der Waals surface area (Å²) in [6.07, 6.45) is 2.35. The molecule has 1 N–H and O–H groups in total. The van der Waals surface area contributed by atoms with E-state index >= 15 is 0 Å². The van der Waals surface area contributed by atoms with Crippen LogP contribution in [0.3, 0.4) is 0 Å². The Labute approximate surface area is 174 Å². The van der Waals surface area contributed by atoms with Gasteiger partial charge in [-0.15, -0.1) is 5.10 Å². The Balaban J connectivity index is 1.60. The number of nitrogens with one attached hydrogen (secondary N) is 1. The first-order chi connectivity index (χ1) is 14.4. The van der Waals surface area contributed by atoms with Crippen LogP contribution in [0.2, 0.25) is 0 Å². The van der Waals surface area contributed by atoms with Crippen molar-refractivity contribution >= 4 is 35.0 Å². The van der Waals surface area contributed by atoms with Crippen molar-refractivity contribution in [3.8, 4) is 5.75 Å². The van der Waals surface area contributed by atoms with E-state index < -0.39 is 17.7 Å². The molecule has 1 fully saturated rings.